The van der Waals surface area contributed by atoms with Gasteiger partial charge in [-0.3, -0.25) is 4.79 Å². The first-order valence-corrected chi connectivity index (χ1v) is 7.36. The summed E-state index contributed by atoms with van der Waals surface area (Å²) in [7, 11) is 0. The third-order valence-electron chi connectivity index (χ3n) is 3.46. The summed E-state index contributed by atoms with van der Waals surface area (Å²) >= 11 is 17.8. The highest BCUT2D eigenvalue weighted by atomic mass is 35.5. The van der Waals surface area contributed by atoms with Crippen LogP contribution in [-0.2, 0) is 4.79 Å². The van der Waals surface area contributed by atoms with Crippen molar-refractivity contribution in [1.82, 2.24) is 4.90 Å². The number of hydrogen-bond donors (Lipinski definition) is 2. The molecule has 1 aliphatic rings. The fraction of sp³-hybridized carbons (Fsp3) is 0.385. The van der Waals surface area contributed by atoms with Crippen molar-refractivity contribution in [2.24, 2.45) is 11.8 Å². The Balaban J connectivity index is 2.11. The summed E-state index contributed by atoms with van der Waals surface area (Å²) in [5.41, 5.74) is 0.263. The Bertz CT molecular complexity index is 571. The Morgan fingerprint density at radius 2 is 1.81 bits per heavy atom. The van der Waals surface area contributed by atoms with Crippen LogP contribution in [0.4, 0.5) is 10.5 Å². The van der Waals surface area contributed by atoms with E-state index in [1.54, 1.807) is 6.92 Å². The molecule has 114 valence electrons. The normalized spacial score (nSPS) is 21.4. The zero-order valence-electron chi connectivity index (χ0n) is 11.1. The van der Waals surface area contributed by atoms with Gasteiger partial charge >= 0.3 is 12.0 Å². The number of amides is 2. The van der Waals surface area contributed by atoms with Crippen molar-refractivity contribution in [3.63, 3.8) is 0 Å². The van der Waals surface area contributed by atoms with Gasteiger partial charge in [0.2, 0.25) is 0 Å². The lowest BCUT2D eigenvalue weighted by Gasteiger charge is -2.18. The summed E-state index contributed by atoms with van der Waals surface area (Å²) in [6.07, 6.45) is 0. The van der Waals surface area contributed by atoms with E-state index in [1.165, 1.54) is 17.0 Å². The van der Waals surface area contributed by atoms with Crippen molar-refractivity contribution in [3.8, 4) is 0 Å². The fourth-order valence-electron chi connectivity index (χ4n) is 2.30. The number of rotatable bonds is 2. The first-order valence-electron chi connectivity index (χ1n) is 6.23. The number of anilines is 1. The molecule has 1 aromatic rings. The fourth-order valence-corrected chi connectivity index (χ4v) is 3.21. The molecule has 1 fully saturated rings. The molecule has 1 aliphatic heterocycles. The average molecular weight is 352 g/mol. The highest BCUT2D eigenvalue weighted by Gasteiger charge is 2.37. The van der Waals surface area contributed by atoms with Crippen molar-refractivity contribution in [3.05, 3.63) is 27.2 Å². The number of aliphatic carboxylic acids is 1. The number of carbonyl (C=O) groups excluding carboxylic acids is 1. The van der Waals surface area contributed by atoms with Gasteiger partial charge < -0.3 is 15.3 Å². The van der Waals surface area contributed by atoms with E-state index in [1.807, 2.05) is 0 Å². The Morgan fingerprint density at radius 3 is 2.29 bits per heavy atom. The minimum Gasteiger partial charge on any atom is -0.481 e. The molecule has 8 heteroatoms. The predicted molar refractivity (Wildman–Crippen MR) is 82.4 cm³/mol. The predicted octanol–water partition coefficient (Wildman–Crippen LogP) is 3.83. The smallest absolute Gasteiger partial charge is 0.321 e. The Kier molecular flexibility index (Phi) is 4.86. The van der Waals surface area contributed by atoms with Gasteiger partial charge in [-0.2, -0.15) is 0 Å². The molecular weight excluding hydrogens is 339 g/mol. The van der Waals surface area contributed by atoms with Crippen molar-refractivity contribution >= 4 is 52.5 Å². The lowest BCUT2D eigenvalue weighted by Crippen LogP contribution is -2.34. The minimum atomic E-state index is -0.902. The zero-order valence-corrected chi connectivity index (χ0v) is 13.3. The lowest BCUT2D eigenvalue weighted by atomic mass is 9.99. The van der Waals surface area contributed by atoms with E-state index in [4.69, 9.17) is 39.9 Å². The first-order chi connectivity index (χ1) is 9.79. The van der Waals surface area contributed by atoms with Crippen LogP contribution >= 0.6 is 34.8 Å². The third-order valence-corrected chi connectivity index (χ3v) is 4.27. The number of carbonyl (C=O) groups is 2. The molecule has 0 saturated carbocycles. The van der Waals surface area contributed by atoms with Crippen LogP contribution in [0, 0.1) is 11.8 Å². The van der Waals surface area contributed by atoms with Crippen LogP contribution < -0.4 is 5.32 Å². The number of hydrogen-bond acceptors (Lipinski definition) is 2. The number of nitrogens with zero attached hydrogens (tertiary/aromatic N) is 1. The topological polar surface area (TPSA) is 69.6 Å². The number of halogens is 3. The van der Waals surface area contributed by atoms with Gasteiger partial charge in [-0.1, -0.05) is 41.7 Å². The number of nitrogens with one attached hydrogen (secondary N) is 1. The maximum atomic E-state index is 12.2. The monoisotopic (exact) mass is 350 g/mol. The average Bonchev–Trinajstić information content (AvgIpc) is 2.75. The molecule has 0 radical (unpaired) electrons. The summed E-state index contributed by atoms with van der Waals surface area (Å²) in [5.74, 6) is -1.57. The van der Waals surface area contributed by atoms with E-state index in [-0.39, 0.29) is 28.2 Å². The van der Waals surface area contributed by atoms with Gasteiger partial charge in [0, 0.05) is 18.1 Å². The SMILES string of the molecule is C[C@@H]1CN(C(=O)Nc2c(Cl)cc(Cl)cc2Cl)C[C@H]1C(=O)O. The second-order valence-electron chi connectivity index (χ2n) is 5.00. The zero-order chi connectivity index (χ0) is 15.7. The summed E-state index contributed by atoms with van der Waals surface area (Å²) in [4.78, 5) is 24.7. The quantitative estimate of drug-likeness (QED) is 0.850. The highest BCUT2D eigenvalue weighted by Crippen LogP contribution is 2.34. The molecule has 21 heavy (non-hydrogen) atoms. The molecule has 1 heterocycles. The van der Waals surface area contributed by atoms with Crippen LogP contribution in [0.2, 0.25) is 15.1 Å². The van der Waals surface area contributed by atoms with Crippen molar-refractivity contribution in [2.45, 2.75) is 6.92 Å². The van der Waals surface area contributed by atoms with Crippen molar-refractivity contribution in [2.75, 3.05) is 18.4 Å². The molecule has 0 bridgehead atoms. The lowest BCUT2D eigenvalue weighted by molar-refractivity contribution is -0.142. The number of benzene rings is 1. The highest BCUT2D eigenvalue weighted by molar-refractivity contribution is 6.42. The number of likely N-dealkylation sites (tertiary alicyclic amines) is 1. The summed E-state index contributed by atoms with van der Waals surface area (Å²) in [6.45, 7) is 2.32. The Labute approximate surface area is 136 Å². The molecule has 0 unspecified atom stereocenters. The van der Waals surface area contributed by atoms with E-state index >= 15 is 0 Å². The van der Waals surface area contributed by atoms with E-state index < -0.39 is 17.9 Å². The van der Waals surface area contributed by atoms with Crippen LogP contribution in [0.5, 0.6) is 0 Å². The Hall–Kier alpha value is -1.17. The maximum absolute atomic E-state index is 12.2. The maximum Gasteiger partial charge on any atom is 0.321 e. The minimum absolute atomic E-state index is 0.107. The van der Waals surface area contributed by atoms with E-state index in [2.05, 4.69) is 5.32 Å². The van der Waals surface area contributed by atoms with E-state index in [9.17, 15) is 9.59 Å². The van der Waals surface area contributed by atoms with Gasteiger partial charge in [-0.25, -0.2) is 4.79 Å². The first kappa shape index (κ1) is 16.2. The van der Waals surface area contributed by atoms with Gasteiger partial charge in [-0.15, -0.1) is 0 Å². The molecule has 2 N–H and O–H groups in total. The van der Waals surface area contributed by atoms with Gasteiger partial charge in [0.15, 0.2) is 0 Å². The van der Waals surface area contributed by atoms with E-state index in [0.29, 0.717) is 11.6 Å². The molecule has 0 spiro atoms. The molecular formula is C13H13Cl3N2O3. The second-order valence-corrected chi connectivity index (χ2v) is 6.25. The van der Waals surface area contributed by atoms with Gasteiger partial charge in [-0.05, 0) is 18.1 Å². The molecule has 0 aliphatic carbocycles. The molecule has 2 rings (SSSR count). The molecule has 0 aromatic heterocycles. The number of urea groups is 1. The molecule has 1 aromatic carbocycles. The van der Waals surface area contributed by atoms with Crippen LogP contribution in [0.1, 0.15) is 6.92 Å². The summed E-state index contributed by atoms with van der Waals surface area (Å²) in [6, 6.07) is 2.51. The van der Waals surface area contributed by atoms with Gasteiger partial charge in [0.1, 0.15) is 0 Å². The van der Waals surface area contributed by atoms with E-state index in [0.717, 1.165) is 0 Å². The van der Waals surface area contributed by atoms with Crippen molar-refractivity contribution < 1.29 is 14.7 Å². The van der Waals surface area contributed by atoms with Gasteiger partial charge in [0.25, 0.3) is 0 Å². The summed E-state index contributed by atoms with van der Waals surface area (Å²) < 4.78 is 0. The molecule has 2 amide bonds. The third kappa shape index (κ3) is 3.54. The second kappa shape index (κ2) is 6.30. The molecule has 2 atom stereocenters. The molecule has 1 saturated heterocycles. The largest absolute Gasteiger partial charge is 0.481 e. The number of carboxylic acids is 1. The van der Waals surface area contributed by atoms with Crippen LogP contribution in [-0.4, -0.2) is 35.1 Å². The van der Waals surface area contributed by atoms with Crippen molar-refractivity contribution in [1.29, 1.82) is 0 Å². The van der Waals surface area contributed by atoms with Crippen LogP contribution in [0.15, 0.2) is 12.1 Å². The van der Waals surface area contributed by atoms with Gasteiger partial charge in [0.05, 0.1) is 21.7 Å². The number of carboxylic acid groups (broad SMARTS) is 1. The summed E-state index contributed by atoms with van der Waals surface area (Å²) in [5, 5.41) is 12.5. The van der Waals surface area contributed by atoms with Crippen LogP contribution in [0.3, 0.4) is 0 Å². The standard InChI is InChI=1S/C13H13Cl3N2O3/c1-6-4-18(5-8(6)12(19)20)13(21)17-11-9(15)2-7(14)3-10(11)16/h2-3,6,8H,4-5H2,1H3,(H,17,21)(H,19,20)/t6-,8-/m1/s1. The van der Waals surface area contributed by atoms with Crippen LogP contribution in [0.25, 0.3) is 0 Å². The molecule has 5 nitrogen and oxygen atoms in total. The Morgan fingerprint density at radius 1 is 1.24 bits per heavy atom.